The zero-order valence-electron chi connectivity index (χ0n) is 10.9. The Hall–Kier alpha value is -1.83. The summed E-state index contributed by atoms with van der Waals surface area (Å²) in [5, 5.41) is 9.50. The Morgan fingerprint density at radius 3 is 2.75 bits per heavy atom. The minimum absolute atomic E-state index is 0.549. The fourth-order valence-corrected chi connectivity index (χ4v) is 2.88. The number of nitrogen functional groups attached to an aromatic ring is 1. The molecule has 0 saturated carbocycles. The van der Waals surface area contributed by atoms with E-state index in [0.717, 1.165) is 16.2 Å². The predicted octanol–water partition coefficient (Wildman–Crippen LogP) is 4.09. The fourth-order valence-electron chi connectivity index (χ4n) is 1.72. The second kappa shape index (κ2) is 6.56. The summed E-state index contributed by atoms with van der Waals surface area (Å²) in [6, 6.07) is 13.1. The van der Waals surface area contributed by atoms with Gasteiger partial charge in [-0.1, -0.05) is 11.6 Å². The average molecular weight is 305 g/mol. The third-order valence-electron chi connectivity index (χ3n) is 2.78. The number of methoxy groups -OCH3 is 1. The van der Waals surface area contributed by atoms with Crippen LogP contribution in [0.5, 0.6) is 5.75 Å². The van der Waals surface area contributed by atoms with Crippen molar-refractivity contribution in [2.75, 3.05) is 12.8 Å². The van der Waals surface area contributed by atoms with Crippen molar-refractivity contribution in [1.82, 2.24) is 0 Å². The Morgan fingerprint density at radius 1 is 1.30 bits per heavy atom. The monoisotopic (exact) mass is 304 g/mol. The molecule has 0 bridgehead atoms. The van der Waals surface area contributed by atoms with Gasteiger partial charge in [-0.2, -0.15) is 5.26 Å². The lowest BCUT2D eigenvalue weighted by Gasteiger charge is -2.09. The topological polar surface area (TPSA) is 59.0 Å². The van der Waals surface area contributed by atoms with Crippen molar-refractivity contribution < 1.29 is 4.74 Å². The lowest BCUT2D eigenvalue weighted by Crippen LogP contribution is -1.92. The second-order valence-corrected chi connectivity index (χ2v) is 5.57. The van der Waals surface area contributed by atoms with Crippen LogP contribution in [0, 0.1) is 11.3 Å². The SMILES string of the molecule is COc1ccc(C#N)cc1CSc1ccc(N)c(Cl)c1. The fraction of sp³-hybridized carbons (Fsp3) is 0.133. The number of hydrogen-bond donors (Lipinski definition) is 1. The summed E-state index contributed by atoms with van der Waals surface area (Å²) in [6.45, 7) is 0. The molecular weight excluding hydrogens is 292 g/mol. The molecule has 0 aliphatic carbocycles. The number of rotatable bonds is 4. The molecule has 20 heavy (non-hydrogen) atoms. The van der Waals surface area contributed by atoms with Gasteiger partial charge in [0.2, 0.25) is 0 Å². The highest BCUT2D eigenvalue weighted by atomic mass is 35.5. The van der Waals surface area contributed by atoms with Gasteiger partial charge in [0.15, 0.2) is 0 Å². The molecule has 0 radical (unpaired) electrons. The van der Waals surface area contributed by atoms with Crippen LogP contribution in [-0.2, 0) is 5.75 Å². The van der Waals surface area contributed by atoms with Gasteiger partial charge in [-0.25, -0.2) is 0 Å². The average Bonchev–Trinajstić information content (AvgIpc) is 2.48. The number of halogens is 1. The van der Waals surface area contributed by atoms with Gasteiger partial charge in [-0.15, -0.1) is 11.8 Å². The van der Waals surface area contributed by atoms with Gasteiger partial charge in [0.25, 0.3) is 0 Å². The predicted molar refractivity (Wildman–Crippen MR) is 83.1 cm³/mol. The number of nitrogens with zero attached hydrogens (tertiary/aromatic N) is 1. The number of ether oxygens (including phenoxy) is 1. The highest BCUT2D eigenvalue weighted by Crippen LogP contribution is 2.31. The van der Waals surface area contributed by atoms with E-state index in [1.807, 2.05) is 24.3 Å². The van der Waals surface area contributed by atoms with Crippen LogP contribution in [0.2, 0.25) is 5.02 Å². The quantitative estimate of drug-likeness (QED) is 0.682. The molecule has 0 spiro atoms. The van der Waals surface area contributed by atoms with Crippen molar-refractivity contribution in [1.29, 1.82) is 5.26 Å². The molecule has 2 aromatic carbocycles. The van der Waals surface area contributed by atoms with Crippen LogP contribution in [-0.4, -0.2) is 7.11 Å². The smallest absolute Gasteiger partial charge is 0.122 e. The van der Waals surface area contributed by atoms with E-state index in [1.165, 1.54) is 0 Å². The summed E-state index contributed by atoms with van der Waals surface area (Å²) in [5.74, 6) is 1.47. The molecule has 0 aromatic heterocycles. The molecule has 5 heteroatoms. The van der Waals surface area contributed by atoms with Gasteiger partial charge in [-0.3, -0.25) is 0 Å². The van der Waals surface area contributed by atoms with Crippen molar-refractivity contribution in [3.63, 3.8) is 0 Å². The third-order valence-corrected chi connectivity index (χ3v) is 4.15. The number of benzene rings is 2. The normalized spacial score (nSPS) is 10.1. The Kier molecular flexibility index (Phi) is 4.78. The van der Waals surface area contributed by atoms with E-state index in [1.54, 1.807) is 31.0 Å². The first-order valence-corrected chi connectivity index (χ1v) is 7.25. The molecule has 0 aliphatic heterocycles. The zero-order chi connectivity index (χ0) is 14.5. The Bertz CT molecular complexity index is 667. The van der Waals surface area contributed by atoms with E-state index in [-0.39, 0.29) is 0 Å². The third kappa shape index (κ3) is 3.38. The molecule has 0 amide bonds. The maximum Gasteiger partial charge on any atom is 0.122 e. The number of nitriles is 1. The maximum absolute atomic E-state index is 8.95. The van der Waals surface area contributed by atoms with E-state index in [4.69, 9.17) is 27.3 Å². The molecule has 2 rings (SSSR count). The molecule has 0 fully saturated rings. The van der Waals surface area contributed by atoms with Gasteiger partial charge < -0.3 is 10.5 Å². The lowest BCUT2D eigenvalue weighted by molar-refractivity contribution is 0.411. The van der Waals surface area contributed by atoms with E-state index in [9.17, 15) is 0 Å². The van der Waals surface area contributed by atoms with Crippen molar-refractivity contribution in [2.45, 2.75) is 10.6 Å². The van der Waals surface area contributed by atoms with Crippen LogP contribution in [0.4, 0.5) is 5.69 Å². The minimum Gasteiger partial charge on any atom is -0.496 e. The van der Waals surface area contributed by atoms with Crippen LogP contribution in [0.25, 0.3) is 0 Å². The van der Waals surface area contributed by atoms with E-state index in [2.05, 4.69) is 6.07 Å². The van der Waals surface area contributed by atoms with Crippen LogP contribution in [0.1, 0.15) is 11.1 Å². The number of anilines is 1. The van der Waals surface area contributed by atoms with Crippen LogP contribution in [0.3, 0.4) is 0 Å². The van der Waals surface area contributed by atoms with Crippen LogP contribution >= 0.6 is 23.4 Å². The van der Waals surface area contributed by atoms with E-state index < -0.39 is 0 Å². The first-order chi connectivity index (χ1) is 9.63. The number of nitrogens with two attached hydrogens (primary N) is 1. The second-order valence-electron chi connectivity index (χ2n) is 4.11. The molecular formula is C15H13ClN2OS. The minimum atomic E-state index is 0.549. The Labute approximate surface area is 127 Å². The zero-order valence-corrected chi connectivity index (χ0v) is 12.5. The number of hydrogen-bond acceptors (Lipinski definition) is 4. The summed E-state index contributed by atoms with van der Waals surface area (Å²) in [7, 11) is 1.62. The molecule has 2 N–H and O–H groups in total. The molecule has 102 valence electrons. The Morgan fingerprint density at radius 2 is 2.10 bits per heavy atom. The summed E-state index contributed by atoms with van der Waals surface area (Å²) in [5.41, 5.74) is 7.85. The first-order valence-electron chi connectivity index (χ1n) is 5.89. The van der Waals surface area contributed by atoms with Gasteiger partial charge in [0.05, 0.1) is 29.5 Å². The summed E-state index contributed by atoms with van der Waals surface area (Å²) in [6.07, 6.45) is 0. The van der Waals surface area contributed by atoms with Crippen LogP contribution < -0.4 is 10.5 Å². The highest BCUT2D eigenvalue weighted by molar-refractivity contribution is 7.98. The van der Waals surface area contributed by atoms with Gasteiger partial charge in [0.1, 0.15) is 5.75 Å². The summed E-state index contributed by atoms with van der Waals surface area (Å²) in [4.78, 5) is 1.02. The lowest BCUT2D eigenvalue weighted by atomic mass is 10.1. The van der Waals surface area contributed by atoms with E-state index >= 15 is 0 Å². The van der Waals surface area contributed by atoms with Crippen molar-refractivity contribution in [2.24, 2.45) is 0 Å². The van der Waals surface area contributed by atoms with Gasteiger partial charge in [-0.05, 0) is 36.4 Å². The summed E-state index contributed by atoms with van der Waals surface area (Å²) < 4.78 is 5.31. The maximum atomic E-state index is 8.95. The van der Waals surface area contributed by atoms with Crippen LogP contribution in [0.15, 0.2) is 41.3 Å². The standard InChI is InChI=1S/C15H13ClN2OS/c1-19-15-5-2-10(8-17)6-11(15)9-20-12-3-4-14(18)13(16)7-12/h2-7H,9,18H2,1H3. The Balaban J connectivity index is 2.17. The van der Waals surface area contributed by atoms with Gasteiger partial charge >= 0.3 is 0 Å². The van der Waals surface area contributed by atoms with Crippen molar-refractivity contribution in [3.8, 4) is 11.8 Å². The van der Waals surface area contributed by atoms with E-state index in [0.29, 0.717) is 22.0 Å². The molecule has 3 nitrogen and oxygen atoms in total. The molecule has 0 saturated heterocycles. The van der Waals surface area contributed by atoms with Crippen molar-refractivity contribution >= 4 is 29.1 Å². The highest BCUT2D eigenvalue weighted by Gasteiger charge is 2.06. The summed E-state index contributed by atoms with van der Waals surface area (Å²) >= 11 is 7.61. The molecule has 0 aliphatic rings. The van der Waals surface area contributed by atoms with Gasteiger partial charge in [0, 0.05) is 16.2 Å². The molecule has 0 heterocycles. The first kappa shape index (κ1) is 14.6. The molecule has 0 atom stereocenters. The number of thioether (sulfide) groups is 1. The molecule has 2 aromatic rings. The largest absolute Gasteiger partial charge is 0.496 e. The molecule has 0 unspecified atom stereocenters. The van der Waals surface area contributed by atoms with Crippen molar-refractivity contribution in [3.05, 3.63) is 52.5 Å².